The van der Waals surface area contributed by atoms with E-state index in [1.807, 2.05) is 53.7 Å². The second-order valence-electron chi connectivity index (χ2n) is 6.89. The molecule has 146 valence electrons. The molecule has 4 nitrogen and oxygen atoms in total. The molecule has 0 aromatic heterocycles. The Morgan fingerprint density at radius 3 is 1.29 bits per heavy atom. The summed E-state index contributed by atoms with van der Waals surface area (Å²) in [5, 5.41) is 0. The van der Waals surface area contributed by atoms with Gasteiger partial charge in [-0.1, -0.05) is 13.2 Å². The summed E-state index contributed by atoms with van der Waals surface area (Å²) in [4.78, 5) is 23.3. The van der Waals surface area contributed by atoms with Gasteiger partial charge in [0.05, 0.1) is 0 Å². The predicted octanol–water partition coefficient (Wildman–Crippen LogP) is 5.39. The number of ether oxygens (including phenoxy) is 2. The summed E-state index contributed by atoms with van der Waals surface area (Å²) in [6.07, 6.45) is 2.31. The van der Waals surface area contributed by atoms with Gasteiger partial charge in [-0.05, 0) is 98.2 Å². The lowest BCUT2D eigenvalue weighted by molar-refractivity contribution is -0.129. The van der Waals surface area contributed by atoms with Crippen LogP contribution in [0, 0.1) is 41.5 Å². The van der Waals surface area contributed by atoms with Crippen molar-refractivity contribution in [3.63, 3.8) is 0 Å². The maximum atomic E-state index is 11.7. The van der Waals surface area contributed by atoms with Crippen LogP contribution in [0.2, 0.25) is 0 Å². The molecule has 2 rings (SSSR count). The topological polar surface area (TPSA) is 52.6 Å². The van der Waals surface area contributed by atoms with Gasteiger partial charge < -0.3 is 9.47 Å². The second-order valence-corrected chi connectivity index (χ2v) is 6.89. The second kappa shape index (κ2) is 8.26. The summed E-state index contributed by atoms with van der Waals surface area (Å²) in [6, 6.07) is 4.04. The SMILES string of the molecule is C=CC(=O)Oc1c(C)cc(-c2cc(C)c(OC(=O)C=C)c(C)c2C)c(C)c1C. The van der Waals surface area contributed by atoms with Crippen LogP contribution in [0.5, 0.6) is 11.5 Å². The highest BCUT2D eigenvalue weighted by molar-refractivity contribution is 5.86. The van der Waals surface area contributed by atoms with Crippen molar-refractivity contribution in [1.82, 2.24) is 0 Å². The van der Waals surface area contributed by atoms with Crippen molar-refractivity contribution < 1.29 is 19.1 Å². The predicted molar refractivity (Wildman–Crippen MR) is 112 cm³/mol. The van der Waals surface area contributed by atoms with Crippen LogP contribution in [0.3, 0.4) is 0 Å². The molecule has 0 N–H and O–H groups in total. The van der Waals surface area contributed by atoms with E-state index >= 15 is 0 Å². The molecule has 0 saturated heterocycles. The molecule has 0 aliphatic rings. The number of benzene rings is 2. The largest absolute Gasteiger partial charge is 0.423 e. The molecule has 0 spiro atoms. The van der Waals surface area contributed by atoms with Crippen molar-refractivity contribution in [2.45, 2.75) is 41.5 Å². The molecule has 0 radical (unpaired) electrons. The molecule has 0 amide bonds. The lowest BCUT2D eigenvalue weighted by Crippen LogP contribution is -2.08. The Morgan fingerprint density at radius 2 is 1.00 bits per heavy atom. The third-order valence-corrected chi connectivity index (χ3v) is 5.08. The number of hydrogen-bond donors (Lipinski definition) is 0. The molecule has 2 aromatic rings. The fourth-order valence-electron chi connectivity index (χ4n) is 3.27. The highest BCUT2D eigenvalue weighted by Crippen LogP contribution is 2.39. The summed E-state index contributed by atoms with van der Waals surface area (Å²) >= 11 is 0. The third kappa shape index (κ3) is 3.91. The summed E-state index contributed by atoms with van der Waals surface area (Å²) < 4.78 is 10.9. The summed E-state index contributed by atoms with van der Waals surface area (Å²) in [6.45, 7) is 18.6. The fraction of sp³-hybridized carbons (Fsp3) is 0.250. The molecule has 0 fully saturated rings. The Hall–Kier alpha value is -3.14. The zero-order valence-electron chi connectivity index (χ0n) is 17.4. The molecule has 0 aliphatic heterocycles. The molecule has 0 heterocycles. The van der Waals surface area contributed by atoms with E-state index in [1.54, 1.807) is 0 Å². The van der Waals surface area contributed by atoms with Crippen molar-refractivity contribution in [2.75, 3.05) is 0 Å². The number of aryl methyl sites for hydroxylation is 2. The maximum absolute atomic E-state index is 11.7. The van der Waals surface area contributed by atoms with Gasteiger partial charge in [0.2, 0.25) is 0 Å². The zero-order chi connectivity index (χ0) is 21.2. The first-order chi connectivity index (χ1) is 13.1. The van der Waals surface area contributed by atoms with Gasteiger partial charge >= 0.3 is 11.9 Å². The van der Waals surface area contributed by atoms with Gasteiger partial charge in [-0.25, -0.2) is 9.59 Å². The highest BCUT2D eigenvalue weighted by Gasteiger charge is 2.19. The van der Waals surface area contributed by atoms with Crippen LogP contribution in [0.15, 0.2) is 37.4 Å². The standard InChI is InChI=1S/C24H26O4/c1-9-21(25)27-23-13(3)11-19(15(5)17(23)7)20-12-14(4)24(18(8)16(20)6)28-22(26)10-2/h9-12H,1-2H2,3-8H3. The van der Waals surface area contributed by atoms with E-state index in [-0.39, 0.29) is 0 Å². The molecule has 0 aliphatic carbocycles. The van der Waals surface area contributed by atoms with E-state index in [4.69, 9.17) is 9.47 Å². The summed E-state index contributed by atoms with van der Waals surface area (Å²) in [5.74, 6) is 0.173. The Morgan fingerprint density at radius 1 is 0.679 bits per heavy atom. The molecule has 4 heteroatoms. The van der Waals surface area contributed by atoms with Gasteiger partial charge in [-0.2, -0.15) is 0 Å². The molecule has 0 saturated carbocycles. The van der Waals surface area contributed by atoms with Gasteiger partial charge in [0.15, 0.2) is 0 Å². The number of esters is 2. The van der Waals surface area contributed by atoms with Gasteiger partial charge in [-0.15, -0.1) is 0 Å². The van der Waals surface area contributed by atoms with Crippen molar-refractivity contribution in [2.24, 2.45) is 0 Å². The van der Waals surface area contributed by atoms with E-state index in [0.717, 1.165) is 56.7 Å². The first-order valence-electron chi connectivity index (χ1n) is 9.02. The van der Waals surface area contributed by atoms with Crippen molar-refractivity contribution in [3.8, 4) is 22.6 Å². The van der Waals surface area contributed by atoms with Crippen molar-refractivity contribution in [1.29, 1.82) is 0 Å². The fourth-order valence-corrected chi connectivity index (χ4v) is 3.27. The average molecular weight is 378 g/mol. The van der Waals surface area contributed by atoms with E-state index in [9.17, 15) is 9.59 Å². The minimum absolute atomic E-state index is 0.477. The molecule has 0 bridgehead atoms. The van der Waals surface area contributed by atoms with Gasteiger partial charge in [0.1, 0.15) is 11.5 Å². The van der Waals surface area contributed by atoms with Crippen molar-refractivity contribution in [3.05, 3.63) is 70.8 Å². The van der Waals surface area contributed by atoms with E-state index < -0.39 is 11.9 Å². The van der Waals surface area contributed by atoms with Gasteiger partial charge in [-0.3, -0.25) is 0 Å². The quantitative estimate of drug-likeness (QED) is 0.398. The molecular formula is C24H26O4. The van der Waals surface area contributed by atoms with Gasteiger partial charge in [0, 0.05) is 12.2 Å². The van der Waals surface area contributed by atoms with Crippen LogP contribution < -0.4 is 9.47 Å². The zero-order valence-corrected chi connectivity index (χ0v) is 17.4. The van der Waals surface area contributed by atoms with E-state index in [2.05, 4.69) is 13.2 Å². The Bertz CT molecular complexity index is 915. The van der Waals surface area contributed by atoms with Crippen LogP contribution in [-0.4, -0.2) is 11.9 Å². The summed E-state index contributed by atoms with van der Waals surface area (Å²) in [7, 11) is 0. The van der Waals surface area contributed by atoms with Crippen LogP contribution in [0.4, 0.5) is 0 Å². The van der Waals surface area contributed by atoms with Gasteiger partial charge in [0.25, 0.3) is 0 Å². The Labute approximate surface area is 166 Å². The Balaban J connectivity index is 2.66. The van der Waals surface area contributed by atoms with E-state index in [1.165, 1.54) is 0 Å². The number of hydrogen-bond acceptors (Lipinski definition) is 4. The van der Waals surface area contributed by atoms with Crippen LogP contribution in [-0.2, 0) is 9.59 Å². The summed E-state index contributed by atoms with van der Waals surface area (Å²) in [5.41, 5.74) is 7.70. The maximum Gasteiger partial charge on any atom is 0.335 e. The molecule has 28 heavy (non-hydrogen) atoms. The number of carbonyl (C=O) groups excluding carboxylic acids is 2. The van der Waals surface area contributed by atoms with Crippen LogP contribution >= 0.6 is 0 Å². The third-order valence-electron chi connectivity index (χ3n) is 5.08. The molecular weight excluding hydrogens is 352 g/mol. The minimum atomic E-state index is -0.477. The highest BCUT2D eigenvalue weighted by atomic mass is 16.5. The monoisotopic (exact) mass is 378 g/mol. The van der Waals surface area contributed by atoms with Crippen LogP contribution in [0.1, 0.15) is 33.4 Å². The lowest BCUT2D eigenvalue weighted by Gasteiger charge is -2.20. The number of rotatable bonds is 5. The average Bonchev–Trinajstić information content (AvgIpc) is 2.67. The molecule has 0 atom stereocenters. The molecule has 2 aromatic carbocycles. The molecule has 0 unspecified atom stereocenters. The first-order valence-corrected chi connectivity index (χ1v) is 9.02. The lowest BCUT2D eigenvalue weighted by atomic mass is 9.88. The smallest absolute Gasteiger partial charge is 0.335 e. The van der Waals surface area contributed by atoms with Crippen molar-refractivity contribution >= 4 is 11.9 Å². The van der Waals surface area contributed by atoms with Crippen LogP contribution in [0.25, 0.3) is 11.1 Å². The Kier molecular flexibility index (Phi) is 6.24. The minimum Gasteiger partial charge on any atom is -0.423 e. The first kappa shape index (κ1) is 21.2. The number of carbonyl (C=O) groups is 2. The van der Waals surface area contributed by atoms with E-state index in [0.29, 0.717) is 11.5 Å². The normalized spacial score (nSPS) is 10.4.